The van der Waals surface area contributed by atoms with Crippen LogP contribution in [-0.4, -0.2) is 61.3 Å². The van der Waals surface area contributed by atoms with Crippen LogP contribution in [0.2, 0.25) is 0 Å². The van der Waals surface area contributed by atoms with Gasteiger partial charge >= 0.3 is 0 Å². The van der Waals surface area contributed by atoms with Crippen molar-refractivity contribution in [2.45, 2.75) is 60.3 Å². The molecule has 1 rings (SSSR count). The molecule has 3 heteroatoms. The highest BCUT2D eigenvalue weighted by Crippen LogP contribution is 2.42. The minimum absolute atomic E-state index is 0.256. The molecule has 26 heavy (non-hydrogen) atoms. The molecule has 1 saturated heterocycles. The molecule has 1 N–H and O–H groups in total. The fourth-order valence-corrected chi connectivity index (χ4v) is 4.31. The zero-order chi connectivity index (χ0) is 19.6. The van der Waals surface area contributed by atoms with Gasteiger partial charge in [0.1, 0.15) is 0 Å². The summed E-state index contributed by atoms with van der Waals surface area (Å²) in [7, 11) is 2.25. The third-order valence-electron chi connectivity index (χ3n) is 6.46. The van der Waals surface area contributed by atoms with E-state index in [1.165, 1.54) is 25.0 Å². The largest absolute Gasteiger partial charge is 0.396 e. The van der Waals surface area contributed by atoms with E-state index in [9.17, 15) is 5.11 Å². The highest BCUT2D eigenvalue weighted by molar-refractivity contribution is 5.20. The van der Waals surface area contributed by atoms with Gasteiger partial charge in [0.05, 0.1) is 0 Å². The Labute approximate surface area is 163 Å². The molecule has 0 aliphatic carbocycles. The fraction of sp³-hybridized carbons (Fsp3) is 0.826. The Kier molecular flexibility index (Phi) is 10.7. The van der Waals surface area contributed by atoms with E-state index in [4.69, 9.17) is 0 Å². The van der Waals surface area contributed by atoms with Crippen molar-refractivity contribution < 1.29 is 5.11 Å². The van der Waals surface area contributed by atoms with Gasteiger partial charge in [-0.15, -0.1) is 0 Å². The van der Waals surface area contributed by atoms with Gasteiger partial charge in [0.2, 0.25) is 0 Å². The number of rotatable bonds is 12. The van der Waals surface area contributed by atoms with Gasteiger partial charge in [-0.25, -0.2) is 0 Å². The lowest BCUT2D eigenvalue weighted by Crippen LogP contribution is -2.37. The van der Waals surface area contributed by atoms with Crippen molar-refractivity contribution in [3.05, 3.63) is 23.8 Å². The summed E-state index contributed by atoms with van der Waals surface area (Å²) < 4.78 is 0. The summed E-state index contributed by atoms with van der Waals surface area (Å²) in [5.41, 5.74) is 1.65. The molecule has 3 nitrogen and oxygen atoms in total. The summed E-state index contributed by atoms with van der Waals surface area (Å²) in [5, 5.41) is 10.1. The van der Waals surface area contributed by atoms with Gasteiger partial charge in [0, 0.05) is 38.7 Å². The van der Waals surface area contributed by atoms with E-state index in [-0.39, 0.29) is 5.41 Å². The summed E-state index contributed by atoms with van der Waals surface area (Å²) in [5.74, 6) is 1.16. The van der Waals surface area contributed by atoms with Gasteiger partial charge in [-0.05, 0) is 56.7 Å². The van der Waals surface area contributed by atoms with Crippen LogP contribution < -0.4 is 0 Å². The van der Waals surface area contributed by atoms with Crippen LogP contribution in [0.1, 0.15) is 60.3 Å². The predicted octanol–water partition coefficient (Wildman–Crippen LogP) is 4.59. The van der Waals surface area contributed by atoms with Crippen molar-refractivity contribution >= 4 is 0 Å². The molecular weight excluding hydrogens is 320 g/mol. The lowest BCUT2D eigenvalue weighted by Gasteiger charge is -2.35. The lowest BCUT2D eigenvalue weighted by molar-refractivity contribution is 0.104. The number of allylic oxidation sites excluding steroid dienone is 2. The van der Waals surface area contributed by atoms with E-state index in [0.717, 1.165) is 44.9 Å². The lowest BCUT2D eigenvalue weighted by atomic mass is 9.73. The van der Waals surface area contributed by atoms with Gasteiger partial charge in [-0.2, -0.15) is 0 Å². The van der Waals surface area contributed by atoms with Crippen molar-refractivity contribution in [1.82, 2.24) is 9.80 Å². The second kappa shape index (κ2) is 11.9. The molecular formula is C23H44N2O. The number of hydrogen-bond acceptors (Lipinski definition) is 3. The Morgan fingerprint density at radius 2 is 2.08 bits per heavy atom. The Morgan fingerprint density at radius 3 is 2.62 bits per heavy atom. The highest BCUT2D eigenvalue weighted by Gasteiger charge is 2.44. The summed E-state index contributed by atoms with van der Waals surface area (Å²) in [6.07, 6.45) is 11.4. The van der Waals surface area contributed by atoms with Crippen LogP contribution >= 0.6 is 0 Å². The maximum absolute atomic E-state index is 10.1. The maximum atomic E-state index is 10.1. The first kappa shape index (κ1) is 23.4. The van der Waals surface area contributed by atoms with Crippen molar-refractivity contribution in [3.8, 4) is 0 Å². The molecule has 0 bridgehead atoms. The van der Waals surface area contributed by atoms with Gasteiger partial charge in [-0.3, -0.25) is 4.90 Å². The molecule has 0 saturated carbocycles. The smallest absolute Gasteiger partial charge is 0.0477 e. The maximum Gasteiger partial charge on any atom is 0.0477 e. The Balaban J connectivity index is 2.72. The molecule has 0 aromatic heterocycles. The van der Waals surface area contributed by atoms with Crippen LogP contribution in [0.4, 0.5) is 0 Å². The van der Waals surface area contributed by atoms with Crippen LogP contribution in [0, 0.1) is 17.3 Å². The van der Waals surface area contributed by atoms with Crippen molar-refractivity contribution in [2.24, 2.45) is 17.3 Å². The summed E-state index contributed by atoms with van der Waals surface area (Å²) >= 11 is 0. The van der Waals surface area contributed by atoms with Crippen molar-refractivity contribution in [2.75, 3.05) is 46.4 Å². The first-order chi connectivity index (χ1) is 12.4. The number of likely N-dealkylation sites (tertiary alicyclic amines) is 1. The molecule has 0 aromatic rings. The molecule has 0 aromatic carbocycles. The third kappa shape index (κ3) is 6.83. The molecule has 3 atom stereocenters. The van der Waals surface area contributed by atoms with Crippen molar-refractivity contribution in [1.29, 1.82) is 0 Å². The fourth-order valence-electron chi connectivity index (χ4n) is 4.31. The van der Waals surface area contributed by atoms with Gasteiger partial charge < -0.3 is 10.0 Å². The minimum atomic E-state index is 0.256. The van der Waals surface area contributed by atoms with Gasteiger partial charge in [-0.1, -0.05) is 52.3 Å². The second-order valence-corrected chi connectivity index (χ2v) is 8.46. The van der Waals surface area contributed by atoms with Crippen molar-refractivity contribution in [3.63, 3.8) is 0 Å². The zero-order valence-electron chi connectivity index (χ0n) is 18.3. The Morgan fingerprint density at radius 1 is 1.35 bits per heavy atom. The quantitative estimate of drug-likeness (QED) is 0.513. The van der Waals surface area contributed by atoms with Crippen LogP contribution in [-0.2, 0) is 0 Å². The van der Waals surface area contributed by atoms with E-state index in [1.807, 2.05) is 0 Å². The summed E-state index contributed by atoms with van der Waals surface area (Å²) in [6, 6.07) is 0. The number of aliphatic hydroxyl groups is 1. The standard InChI is InChI=1S/C23H44N2O/c1-7-11-12-21(9-3)16-25-17-22(18-26)23(10-4,19-25)13-14-24(6)15-20(5)8-2/h9,11-12,20,22,26H,7-8,10,13-19H2,1-6H3/b12-11-,21-9+. The summed E-state index contributed by atoms with van der Waals surface area (Å²) in [6.45, 7) is 17.0. The third-order valence-corrected chi connectivity index (χ3v) is 6.46. The van der Waals surface area contributed by atoms with E-state index in [0.29, 0.717) is 12.5 Å². The normalized spacial score (nSPS) is 26.3. The van der Waals surface area contributed by atoms with Crippen LogP contribution in [0.15, 0.2) is 23.8 Å². The SMILES string of the molecule is C/C=C(\C=C/CC)CN1CC(CO)C(CC)(CCN(C)CC(C)CC)C1. The topological polar surface area (TPSA) is 26.7 Å². The van der Waals surface area contributed by atoms with E-state index >= 15 is 0 Å². The molecule has 0 amide bonds. The second-order valence-electron chi connectivity index (χ2n) is 8.46. The van der Waals surface area contributed by atoms with Crippen LogP contribution in [0.5, 0.6) is 0 Å². The summed E-state index contributed by atoms with van der Waals surface area (Å²) in [4.78, 5) is 5.05. The zero-order valence-corrected chi connectivity index (χ0v) is 18.3. The molecule has 152 valence electrons. The molecule has 0 spiro atoms. The Hall–Kier alpha value is -0.640. The highest BCUT2D eigenvalue weighted by atomic mass is 16.3. The first-order valence-electron chi connectivity index (χ1n) is 10.8. The molecule has 1 heterocycles. The molecule has 1 aliphatic rings. The molecule has 3 unspecified atom stereocenters. The van der Waals surface area contributed by atoms with E-state index in [2.05, 4.69) is 69.7 Å². The average Bonchev–Trinajstić information content (AvgIpc) is 3.01. The number of nitrogens with zero attached hydrogens (tertiary/aromatic N) is 2. The Bertz CT molecular complexity index is 445. The molecule has 0 radical (unpaired) electrons. The van der Waals surface area contributed by atoms with E-state index < -0.39 is 0 Å². The first-order valence-corrected chi connectivity index (χ1v) is 10.8. The van der Waals surface area contributed by atoms with E-state index in [1.54, 1.807) is 0 Å². The molecule has 1 aliphatic heterocycles. The predicted molar refractivity (Wildman–Crippen MR) is 114 cm³/mol. The van der Waals surface area contributed by atoms with Gasteiger partial charge in [0.25, 0.3) is 0 Å². The number of hydrogen-bond donors (Lipinski definition) is 1. The molecule has 1 fully saturated rings. The average molecular weight is 365 g/mol. The monoisotopic (exact) mass is 364 g/mol. The number of aliphatic hydroxyl groups excluding tert-OH is 1. The van der Waals surface area contributed by atoms with Gasteiger partial charge in [0.15, 0.2) is 0 Å². The van der Waals surface area contributed by atoms with Crippen LogP contribution in [0.25, 0.3) is 0 Å². The van der Waals surface area contributed by atoms with Crippen LogP contribution in [0.3, 0.4) is 0 Å². The minimum Gasteiger partial charge on any atom is -0.396 e.